The molecule has 1 saturated heterocycles. The molecule has 1 unspecified atom stereocenters. The lowest BCUT2D eigenvalue weighted by atomic mass is 10.2. The second-order valence-corrected chi connectivity index (χ2v) is 12.1. The van der Waals surface area contributed by atoms with E-state index in [4.69, 9.17) is 4.74 Å². The van der Waals surface area contributed by atoms with Gasteiger partial charge in [-0.2, -0.15) is 8.42 Å². The van der Waals surface area contributed by atoms with E-state index in [9.17, 15) is 12.8 Å². The number of sulfonamides is 1. The minimum absolute atomic E-state index is 0.0179. The highest BCUT2D eigenvalue weighted by molar-refractivity contribution is 7.92. The van der Waals surface area contributed by atoms with Crippen molar-refractivity contribution < 1.29 is 21.9 Å². The normalized spacial score (nSPS) is 15.8. The van der Waals surface area contributed by atoms with Crippen molar-refractivity contribution >= 4 is 32.9 Å². The number of rotatable bonds is 10. The molecule has 1 aliphatic heterocycles. The van der Waals surface area contributed by atoms with E-state index in [0.29, 0.717) is 35.7 Å². The number of thiazole rings is 1. The van der Waals surface area contributed by atoms with Gasteiger partial charge in [-0.1, -0.05) is 30.3 Å². The van der Waals surface area contributed by atoms with Gasteiger partial charge in [0, 0.05) is 42.2 Å². The quantitative estimate of drug-likeness (QED) is 0.273. The molecule has 1 atom stereocenters. The smallest absolute Gasteiger partial charge is 0.286 e. The number of anilines is 2. The maximum absolute atomic E-state index is 15.7. The van der Waals surface area contributed by atoms with Crippen LogP contribution in [0.25, 0.3) is 0 Å². The van der Waals surface area contributed by atoms with Crippen LogP contribution in [-0.4, -0.2) is 49.5 Å². The first-order chi connectivity index (χ1) is 19.3. The number of likely N-dealkylation sites (tertiary alicyclic amines) is 1. The van der Waals surface area contributed by atoms with Crippen LogP contribution in [0, 0.1) is 18.6 Å². The van der Waals surface area contributed by atoms with Crippen molar-refractivity contribution in [2.24, 2.45) is 0 Å². The molecule has 4 aromatic rings. The number of halogens is 2. The number of nitrogens with zero attached hydrogens (tertiary/aromatic N) is 4. The van der Waals surface area contributed by atoms with E-state index in [1.54, 1.807) is 48.9 Å². The molecular weight excluding hydrogens is 556 g/mol. The van der Waals surface area contributed by atoms with E-state index in [-0.39, 0.29) is 29.8 Å². The van der Waals surface area contributed by atoms with E-state index in [2.05, 4.69) is 20.2 Å². The standard InChI is InChI=1S/C28H29F2N5O3S2/c1-19-25(33-22-11-12-34(16-22)15-21-5-3-4-6-24(21)29)13-31-28(27(19)30)40(36,37)35(26-17-39-18-32-26)14-20-7-9-23(38-2)10-8-20/h3-10,13,17-18,22,33H,11-12,14-16H2,1-2H3. The summed E-state index contributed by atoms with van der Waals surface area (Å²) in [5.74, 6) is -0.337. The highest BCUT2D eigenvalue weighted by atomic mass is 32.2. The van der Waals surface area contributed by atoms with Crippen molar-refractivity contribution in [3.63, 3.8) is 0 Å². The number of aromatic nitrogens is 2. The van der Waals surface area contributed by atoms with Crippen LogP contribution < -0.4 is 14.4 Å². The third-order valence-corrected chi connectivity index (χ3v) is 9.15. The van der Waals surface area contributed by atoms with Crippen LogP contribution in [0.5, 0.6) is 5.75 Å². The van der Waals surface area contributed by atoms with Gasteiger partial charge in [-0.25, -0.2) is 23.1 Å². The van der Waals surface area contributed by atoms with Crippen LogP contribution in [0.1, 0.15) is 23.1 Å². The third-order valence-electron chi connectivity index (χ3n) is 6.91. The molecular formula is C28H29F2N5O3S2. The van der Waals surface area contributed by atoms with Gasteiger partial charge < -0.3 is 10.1 Å². The summed E-state index contributed by atoms with van der Waals surface area (Å²) in [7, 11) is -2.85. The van der Waals surface area contributed by atoms with Crippen LogP contribution in [0.2, 0.25) is 0 Å². The molecule has 3 heterocycles. The largest absolute Gasteiger partial charge is 0.497 e. The lowest BCUT2D eigenvalue weighted by molar-refractivity contribution is 0.323. The van der Waals surface area contributed by atoms with Crippen molar-refractivity contribution in [1.29, 1.82) is 0 Å². The molecule has 0 amide bonds. The van der Waals surface area contributed by atoms with Crippen LogP contribution in [0.4, 0.5) is 20.3 Å². The average molecular weight is 586 g/mol. The van der Waals surface area contributed by atoms with Gasteiger partial charge in [0.2, 0.25) is 5.03 Å². The van der Waals surface area contributed by atoms with Gasteiger partial charge in [0.25, 0.3) is 10.0 Å². The number of methoxy groups -OCH3 is 1. The van der Waals surface area contributed by atoms with Gasteiger partial charge in [0.15, 0.2) is 11.6 Å². The Morgan fingerprint density at radius 1 is 1.15 bits per heavy atom. The maximum Gasteiger partial charge on any atom is 0.286 e. The van der Waals surface area contributed by atoms with Gasteiger partial charge >= 0.3 is 0 Å². The zero-order valence-electron chi connectivity index (χ0n) is 22.0. The summed E-state index contributed by atoms with van der Waals surface area (Å²) >= 11 is 1.24. The Hall–Kier alpha value is -3.61. The minimum atomic E-state index is -4.39. The number of nitrogens with one attached hydrogen (secondary N) is 1. The van der Waals surface area contributed by atoms with Crippen molar-refractivity contribution in [3.8, 4) is 5.75 Å². The number of hydrogen-bond acceptors (Lipinski definition) is 8. The van der Waals surface area contributed by atoms with Gasteiger partial charge in [-0.3, -0.25) is 4.90 Å². The van der Waals surface area contributed by atoms with Crippen molar-refractivity contribution in [2.45, 2.75) is 37.5 Å². The van der Waals surface area contributed by atoms with Crippen LogP contribution >= 0.6 is 11.3 Å². The van der Waals surface area contributed by atoms with Crippen molar-refractivity contribution in [2.75, 3.05) is 29.8 Å². The molecule has 210 valence electrons. The zero-order chi connectivity index (χ0) is 28.3. The Labute approximate surface area is 236 Å². The lowest BCUT2D eigenvalue weighted by Gasteiger charge is -2.23. The van der Waals surface area contributed by atoms with E-state index < -0.39 is 20.9 Å². The molecule has 1 N–H and O–H groups in total. The minimum Gasteiger partial charge on any atom is -0.497 e. The van der Waals surface area contributed by atoms with E-state index in [1.165, 1.54) is 36.0 Å². The van der Waals surface area contributed by atoms with Crippen molar-refractivity contribution in [3.05, 3.63) is 93.9 Å². The molecule has 0 bridgehead atoms. The molecule has 1 aliphatic rings. The maximum atomic E-state index is 15.7. The molecule has 12 heteroatoms. The molecule has 0 spiro atoms. The summed E-state index contributed by atoms with van der Waals surface area (Å²) in [6, 6.07) is 13.6. The SMILES string of the molecule is COc1ccc(CN(c2cscn2)S(=O)(=O)c2ncc(NC3CCN(Cc4ccccc4F)C3)c(C)c2F)cc1. The lowest BCUT2D eigenvalue weighted by Crippen LogP contribution is -2.32. The average Bonchev–Trinajstić information content (AvgIpc) is 3.64. The Kier molecular flexibility index (Phi) is 8.29. The fraction of sp³-hybridized carbons (Fsp3) is 0.286. The molecule has 2 aromatic heterocycles. The summed E-state index contributed by atoms with van der Waals surface area (Å²) in [6.07, 6.45) is 2.13. The number of benzene rings is 2. The first-order valence-electron chi connectivity index (χ1n) is 12.7. The topological polar surface area (TPSA) is 87.7 Å². The highest BCUT2D eigenvalue weighted by Crippen LogP contribution is 2.30. The first kappa shape index (κ1) is 27.9. The molecule has 40 heavy (non-hydrogen) atoms. The molecule has 0 radical (unpaired) electrons. The Bertz CT molecular complexity index is 1570. The first-order valence-corrected chi connectivity index (χ1v) is 15.1. The Balaban J connectivity index is 1.34. The van der Waals surface area contributed by atoms with Gasteiger partial charge in [0.05, 0.1) is 31.0 Å². The Morgan fingerprint density at radius 3 is 2.62 bits per heavy atom. The highest BCUT2D eigenvalue weighted by Gasteiger charge is 2.33. The molecule has 0 saturated carbocycles. The van der Waals surface area contributed by atoms with E-state index in [1.807, 2.05) is 6.07 Å². The van der Waals surface area contributed by atoms with Crippen LogP contribution in [0.3, 0.4) is 0 Å². The Morgan fingerprint density at radius 2 is 1.93 bits per heavy atom. The molecule has 5 rings (SSSR count). The van der Waals surface area contributed by atoms with Crippen molar-refractivity contribution in [1.82, 2.24) is 14.9 Å². The summed E-state index contributed by atoms with van der Waals surface area (Å²) < 4.78 is 63.5. The molecule has 1 fully saturated rings. The predicted octanol–water partition coefficient (Wildman–Crippen LogP) is 5.22. The summed E-state index contributed by atoms with van der Waals surface area (Å²) in [6.45, 7) is 3.34. The van der Waals surface area contributed by atoms with E-state index in [0.717, 1.165) is 17.3 Å². The third kappa shape index (κ3) is 5.93. The molecule has 0 aliphatic carbocycles. The number of ether oxygens (including phenoxy) is 1. The van der Waals surface area contributed by atoms with Gasteiger partial charge in [0.1, 0.15) is 11.6 Å². The molecule has 8 nitrogen and oxygen atoms in total. The number of hydrogen-bond donors (Lipinski definition) is 1. The van der Waals surface area contributed by atoms with Gasteiger partial charge in [-0.05, 0) is 37.1 Å². The second-order valence-electron chi connectivity index (χ2n) is 9.58. The summed E-state index contributed by atoms with van der Waals surface area (Å²) in [5, 5.41) is 4.23. The number of pyridine rings is 1. The predicted molar refractivity (Wildman–Crippen MR) is 151 cm³/mol. The van der Waals surface area contributed by atoms with Crippen LogP contribution in [-0.2, 0) is 23.1 Å². The second kappa shape index (κ2) is 11.9. The fourth-order valence-electron chi connectivity index (χ4n) is 4.68. The fourth-order valence-corrected chi connectivity index (χ4v) is 6.73. The van der Waals surface area contributed by atoms with Crippen LogP contribution in [0.15, 0.2) is 70.6 Å². The zero-order valence-corrected chi connectivity index (χ0v) is 23.7. The van der Waals surface area contributed by atoms with E-state index >= 15 is 4.39 Å². The molecule has 2 aromatic carbocycles. The van der Waals surface area contributed by atoms with Gasteiger partial charge in [-0.15, -0.1) is 11.3 Å². The summed E-state index contributed by atoms with van der Waals surface area (Å²) in [5.41, 5.74) is 3.40. The monoisotopic (exact) mass is 585 g/mol. The summed E-state index contributed by atoms with van der Waals surface area (Å²) in [4.78, 5) is 10.4.